The first kappa shape index (κ1) is 19.0. The van der Waals surface area contributed by atoms with Crippen molar-refractivity contribution in [3.05, 3.63) is 10.6 Å². The van der Waals surface area contributed by atoms with E-state index in [-0.39, 0.29) is 21.8 Å². The Hall–Kier alpha value is -1.37. The van der Waals surface area contributed by atoms with Gasteiger partial charge in [-0.05, 0) is 18.8 Å². The number of nitrogens with zero attached hydrogens (tertiary/aromatic N) is 1. The number of rotatable bonds is 2. The van der Waals surface area contributed by atoms with Crippen molar-refractivity contribution in [3.63, 3.8) is 0 Å². The number of halogens is 6. The fourth-order valence-electron chi connectivity index (χ4n) is 3.07. The van der Waals surface area contributed by atoms with Gasteiger partial charge in [-0.2, -0.15) is 31.6 Å². The Bertz CT molecular complexity index is 578. The second kappa shape index (κ2) is 6.50. The van der Waals surface area contributed by atoms with E-state index >= 15 is 0 Å². The smallest absolute Gasteiger partial charge is 0.319 e. The highest BCUT2D eigenvalue weighted by Crippen LogP contribution is 2.49. The molecule has 1 amide bonds. The first-order valence-electron chi connectivity index (χ1n) is 7.20. The van der Waals surface area contributed by atoms with Crippen LogP contribution in [0.1, 0.15) is 26.2 Å². The number of alkyl halides is 6. The number of nitrogens with one attached hydrogen (secondary N) is 1. The lowest BCUT2D eigenvalue weighted by atomic mass is 9.79. The van der Waals surface area contributed by atoms with Gasteiger partial charge in [0.15, 0.2) is 0 Å². The second-order valence-corrected chi connectivity index (χ2v) is 7.29. The van der Waals surface area contributed by atoms with Crippen LogP contribution in [0.3, 0.4) is 0 Å². The van der Waals surface area contributed by atoms with Crippen molar-refractivity contribution in [2.45, 2.75) is 43.8 Å². The van der Waals surface area contributed by atoms with E-state index in [4.69, 9.17) is 0 Å². The average Bonchev–Trinajstić information content (AvgIpc) is 2.70. The molecule has 1 heterocycles. The summed E-state index contributed by atoms with van der Waals surface area (Å²) in [7, 11) is 0. The molecule has 0 radical (unpaired) electrons. The molecule has 1 aliphatic carbocycles. The van der Waals surface area contributed by atoms with Gasteiger partial charge in [0.1, 0.15) is 0 Å². The quantitative estimate of drug-likeness (QED) is 0.742. The Morgan fingerprint density at radius 1 is 1.25 bits per heavy atom. The second-order valence-electron chi connectivity index (χ2n) is 6.04. The summed E-state index contributed by atoms with van der Waals surface area (Å²) in [4.78, 5) is 11.6. The van der Waals surface area contributed by atoms with Crippen molar-refractivity contribution in [2.24, 2.45) is 17.8 Å². The summed E-state index contributed by atoms with van der Waals surface area (Å²) in [6.07, 6.45) is -9.35. The molecule has 0 bridgehead atoms. The molecule has 1 N–H and O–H groups in total. The lowest BCUT2D eigenvalue weighted by molar-refractivity contribution is -0.274. The van der Waals surface area contributed by atoms with Gasteiger partial charge in [0.2, 0.25) is 11.8 Å². The molecule has 0 aromatic heterocycles. The average molecular weight is 372 g/mol. The summed E-state index contributed by atoms with van der Waals surface area (Å²) < 4.78 is 75.6. The SMILES string of the molecule is CC1CCC2C(C#N)=C(NC(=O)C(C(F)(F)F)C(F)(F)F)SC2C1. The van der Waals surface area contributed by atoms with Crippen molar-refractivity contribution >= 4 is 17.7 Å². The highest BCUT2D eigenvalue weighted by atomic mass is 32.2. The fraction of sp³-hybridized carbons (Fsp3) is 0.714. The molecule has 3 atom stereocenters. The zero-order valence-corrected chi connectivity index (χ0v) is 13.3. The van der Waals surface area contributed by atoms with E-state index in [0.717, 1.165) is 18.2 Å². The van der Waals surface area contributed by atoms with Gasteiger partial charge in [-0.1, -0.05) is 13.3 Å². The summed E-state index contributed by atoms with van der Waals surface area (Å²) >= 11 is 0.989. The Morgan fingerprint density at radius 2 is 1.83 bits per heavy atom. The van der Waals surface area contributed by atoms with Gasteiger partial charge >= 0.3 is 12.4 Å². The molecule has 2 aliphatic rings. The number of carbonyl (C=O) groups excluding carboxylic acids is 1. The minimum absolute atomic E-state index is 0.0772. The van der Waals surface area contributed by atoms with Crippen LogP contribution in [0.2, 0.25) is 0 Å². The zero-order valence-electron chi connectivity index (χ0n) is 12.5. The molecule has 2 rings (SSSR count). The normalized spacial score (nSPS) is 27.9. The molecular formula is C14H14F6N2OS. The lowest BCUT2D eigenvalue weighted by Crippen LogP contribution is -2.47. The van der Waals surface area contributed by atoms with E-state index < -0.39 is 24.2 Å². The monoisotopic (exact) mass is 372 g/mol. The van der Waals surface area contributed by atoms with Gasteiger partial charge in [0.05, 0.1) is 16.7 Å². The lowest BCUT2D eigenvalue weighted by Gasteiger charge is -2.29. The number of hydrogen-bond acceptors (Lipinski definition) is 3. The molecule has 0 spiro atoms. The zero-order chi connectivity index (χ0) is 18.3. The maximum Gasteiger partial charge on any atom is 0.409 e. The molecule has 1 aliphatic heterocycles. The summed E-state index contributed by atoms with van der Waals surface area (Å²) in [6, 6.07) is 1.83. The van der Waals surface area contributed by atoms with Crippen molar-refractivity contribution in [2.75, 3.05) is 0 Å². The molecule has 134 valence electrons. The third-order valence-corrected chi connectivity index (χ3v) is 5.59. The number of thioether (sulfide) groups is 1. The molecule has 1 saturated carbocycles. The third kappa shape index (κ3) is 3.82. The largest absolute Gasteiger partial charge is 0.409 e. The minimum Gasteiger partial charge on any atom is -0.319 e. The van der Waals surface area contributed by atoms with Gasteiger partial charge in [-0.3, -0.25) is 4.79 Å². The van der Waals surface area contributed by atoms with Crippen LogP contribution in [0.25, 0.3) is 0 Å². The van der Waals surface area contributed by atoms with Crippen LogP contribution >= 0.6 is 11.8 Å². The van der Waals surface area contributed by atoms with Crippen LogP contribution < -0.4 is 5.32 Å². The Kier molecular flexibility index (Phi) is 5.14. The first-order valence-corrected chi connectivity index (χ1v) is 8.08. The third-order valence-electron chi connectivity index (χ3n) is 4.21. The molecule has 10 heteroatoms. The maximum atomic E-state index is 12.6. The standard InChI is InChI=1S/C14H14F6N2OS/c1-6-2-3-7-8(5-21)12(24-9(7)4-6)22-11(23)10(13(15,16)17)14(18,19)20/h6-7,9-10H,2-4H2,1H3,(H,22,23). The number of nitriles is 1. The molecular weight excluding hydrogens is 358 g/mol. The van der Waals surface area contributed by atoms with Crippen molar-refractivity contribution in [1.29, 1.82) is 5.26 Å². The first-order chi connectivity index (χ1) is 10.9. The fourth-order valence-corrected chi connectivity index (χ4v) is 4.72. The molecule has 1 fully saturated rings. The summed E-state index contributed by atoms with van der Waals surface area (Å²) in [6.45, 7) is 1.99. The van der Waals surface area contributed by atoms with E-state index in [0.29, 0.717) is 18.8 Å². The highest BCUT2D eigenvalue weighted by molar-refractivity contribution is 8.04. The minimum atomic E-state index is -5.75. The van der Waals surface area contributed by atoms with Gasteiger partial charge in [0.25, 0.3) is 0 Å². The van der Waals surface area contributed by atoms with Gasteiger partial charge in [-0.15, -0.1) is 11.8 Å². The number of fused-ring (bicyclic) bond motifs is 1. The molecule has 3 nitrogen and oxygen atoms in total. The van der Waals surface area contributed by atoms with E-state index in [9.17, 15) is 36.4 Å². The molecule has 3 unspecified atom stereocenters. The highest BCUT2D eigenvalue weighted by Gasteiger charge is 2.61. The Labute approximate surface area is 138 Å². The van der Waals surface area contributed by atoms with Crippen LogP contribution in [0.15, 0.2) is 10.6 Å². The molecule has 0 aromatic rings. The predicted octanol–water partition coefficient (Wildman–Crippen LogP) is 4.13. The van der Waals surface area contributed by atoms with Gasteiger partial charge in [-0.25, -0.2) is 0 Å². The van der Waals surface area contributed by atoms with Crippen LogP contribution in [-0.2, 0) is 4.79 Å². The number of hydrogen-bond donors (Lipinski definition) is 1. The summed E-state index contributed by atoms with van der Waals surface area (Å²) in [5, 5.41) is 10.6. The van der Waals surface area contributed by atoms with Crippen molar-refractivity contribution in [3.8, 4) is 6.07 Å². The molecule has 0 aromatic carbocycles. The summed E-state index contributed by atoms with van der Waals surface area (Å²) in [5.41, 5.74) is 0.0772. The van der Waals surface area contributed by atoms with E-state index in [1.807, 2.05) is 13.0 Å². The molecule has 24 heavy (non-hydrogen) atoms. The maximum absolute atomic E-state index is 12.6. The van der Waals surface area contributed by atoms with Crippen LogP contribution in [0, 0.1) is 29.1 Å². The van der Waals surface area contributed by atoms with Crippen molar-refractivity contribution in [1.82, 2.24) is 5.32 Å². The van der Waals surface area contributed by atoms with Crippen molar-refractivity contribution < 1.29 is 31.1 Å². The van der Waals surface area contributed by atoms with E-state index in [2.05, 4.69) is 0 Å². The van der Waals surface area contributed by atoms with Gasteiger partial charge < -0.3 is 5.32 Å². The number of allylic oxidation sites excluding steroid dienone is 1. The topological polar surface area (TPSA) is 52.9 Å². The molecule has 0 saturated heterocycles. The Balaban J connectivity index is 2.22. The van der Waals surface area contributed by atoms with E-state index in [1.54, 1.807) is 5.32 Å². The predicted molar refractivity (Wildman–Crippen MR) is 74.3 cm³/mol. The number of amides is 1. The Morgan fingerprint density at radius 3 is 2.33 bits per heavy atom. The summed E-state index contributed by atoms with van der Waals surface area (Å²) in [5.74, 6) is -6.19. The van der Waals surface area contributed by atoms with E-state index in [1.165, 1.54) is 0 Å². The van der Waals surface area contributed by atoms with Crippen LogP contribution in [0.5, 0.6) is 0 Å². The number of carbonyl (C=O) groups is 1. The van der Waals surface area contributed by atoms with Crippen LogP contribution in [0.4, 0.5) is 26.3 Å². The van der Waals surface area contributed by atoms with Gasteiger partial charge in [0, 0.05) is 11.2 Å². The van der Waals surface area contributed by atoms with Crippen LogP contribution in [-0.4, -0.2) is 23.5 Å².